The van der Waals surface area contributed by atoms with Crippen LogP contribution in [0.1, 0.15) is 5.56 Å². The zero-order valence-corrected chi connectivity index (χ0v) is 18.1. The van der Waals surface area contributed by atoms with Gasteiger partial charge in [0, 0.05) is 32.7 Å². The van der Waals surface area contributed by atoms with Crippen LogP contribution in [0.3, 0.4) is 0 Å². The first-order chi connectivity index (χ1) is 14.7. The van der Waals surface area contributed by atoms with Crippen LogP contribution >= 0.6 is 11.3 Å². The Labute approximate surface area is 180 Å². The van der Waals surface area contributed by atoms with Crippen LogP contribution in [0.15, 0.2) is 42.5 Å². The largest absolute Gasteiger partial charge is 0.495 e. The SMILES string of the molecule is COc1ccc(OC)c2sc(N3CCN(C(=O)NCCc4ccccc4)CC3)nc12. The van der Waals surface area contributed by atoms with Gasteiger partial charge in [0.05, 0.1) is 14.2 Å². The van der Waals surface area contributed by atoms with Crippen LogP contribution in [0.25, 0.3) is 10.2 Å². The average Bonchev–Trinajstić information content (AvgIpc) is 3.25. The number of rotatable bonds is 6. The maximum absolute atomic E-state index is 12.5. The van der Waals surface area contributed by atoms with Crippen molar-refractivity contribution >= 4 is 32.7 Å². The van der Waals surface area contributed by atoms with Gasteiger partial charge in [-0.1, -0.05) is 41.7 Å². The molecule has 0 unspecified atom stereocenters. The van der Waals surface area contributed by atoms with E-state index in [4.69, 9.17) is 14.5 Å². The number of benzene rings is 2. The summed E-state index contributed by atoms with van der Waals surface area (Å²) in [6.07, 6.45) is 0.835. The van der Waals surface area contributed by atoms with Crippen LogP contribution in [0.4, 0.5) is 9.93 Å². The summed E-state index contributed by atoms with van der Waals surface area (Å²) in [7, 11) is 3.31. The number of hydrogen-bond acceptors (Lipinski definition) is 6. The van der Waals surface area contributed by atoms with Crippen molar-refractivity contribution in [2.75, 3.05) is 51.8 Å². The Bertz CT molecular complexity index is 959. The molecule has 2 aromatic carbocycles. The molecule has 0 aliphatic carbocycles. The van der Waals surface area contributed by atoms with E-state index in [0.717, 1.165) is 46.4 Å². The molecule has 1 aliphatic rings. The van der Waals surface area contributed by atoms with Crippen molar-refractivity contribution in [3.8, 4) is 11.5 Å². The number of piperazine rings is 1. The van der Waals surface area contributed by atoms with Gasteiger partial charge in [-0.3, -0.25) is 0 Å². The number of carbonyl (C=O) groups is 1. The van der Waals surface area contributed by atoms with Crippen LogP contribution in [0.2, 0.25) is 0 Å². The van der Waals surface area contributed by atoms with E-state index in [1.54, 1.807) is 25.6 Å². The molecule has 1 saturated heterocycles. The minimum absolute atomic E-state index is 0.00165. The van der Waals surface area contributed by atoms with Gasteiger partial charge in [-0.2, -0.15) is 0 Å². The molecule has 7 nitrogen and oxygen atoms in total. The van der Waals surface area contributed by atoms with Crippen molar-refractivity contribution in [1.29, 1.82) is 0 Å². The number of nitrogens with one attached hydrogen (secondary N) is 1. The zero-order chi connectivity index (χ0) is 20.9. The van der Waals surface area contributed by atoms with Crippen molar-refractivity contribution in [2.24, 2.45) is 0 Å². The summed E-state index contributed by atoms with van der Waals surface area (Å²) in [4.78, 5) is 21.4. The highest BCUT2D eigenvalue weighted by atomic mass is 32.1. The summed E-state index contributed by atoms with van der Waals surface area (Å²) in [6, 6.07) is 14.0. The molecule has 1 fully saturated rings. The van der Waals surface area contributed by atoms with E-state index in [1.165, 1.54) is 5.56 Å². The first-order valence-electron chi connectivity index (χ1n) is 10.0. The zero-order valence-electron chi connectivity index (χ0n) is 17.3. The molecule has 0 bridgehead atoms. The highest BCUT2D eigenvalue weighted by molar-refractivity contribution is 7.22. The molecule has 30 heavy (non-hydrogen) atoms. The van der Waals surface area contributed by atoms with E-state index in [2.05, 4.69) is 22.3 Å². The van der Waals surface area contributed by atoms with Gasteiger partial charge in [-0.15, -0.1) is 0 Å². The van der Waals surface area contributed by atoms with Crippen LogP contribution < -0.4 is 19.7 Å². The summed E-state index contributed by atoms with van der Waals surface area (Å²) >= 11 is 1.60. The Morgan fingerprint density at radius 2 is 1.73 bits per heavy atom. The molecule has 2 heterocycles. The van der Waals surface area contributed by atoms with E-state index in [1.807, 2.05) is 35.2 Å². The van der Waals surface area contributed by atoms with Crippen molar-refractivity contribution in [3.63, 3.8) is 0 Å². The number of ether oxygens (including phenoxy) is 2. The first-order valence-corrected chi connectivity index (χ1v) is 10.8. The third-order valence-corrected chi connectivity index (χ3v) is 6.40. The van der Waals surface area contributed by atoms with Gasteiger partial charge >= 0.3 is 6.03 Å². The normalized spacial score (nSPS) is 14.1. The Morgan fingerprint density at radius 1 is 1.03 bits per heavy atom. The number of methoxy groups -OCH3 is 2. The third kappa shape index (κ3) is 4.28. The van der Waals surface area contributed by atoms with E-state index in [9.17, 15) is 4.79 Å². The Kier molecular flexibility index (Phi) is 6.23. The minimum Gasteiger partial charge on any atom is -0.495 e. The van der Waals surface area contributed by atoms with Crippen LogP contribution in [0, 0.1) is 0 Å². The smallest absolute Gasteiger partial charge is 0.317 e. The molecule has 0 atom stereocenters. The Balaban J connectivity index is 1.34. The van der Waals surface area contributed by atoms with Gasteiger partial charge in [0.1, 0.15) is 21.7 Å². The monoisotopic (exact) mass is 426 g/mol. The highest BCUT2D eigenvalue weighted by Crippen LogP contribution is 2.40. The van der Waals surface area contributed by atoms with E-state index in [0.29, 0.717) is 19.6 Å². The summed E-state index contributed by atoms with van der Waals surface area (Å²) < 4.78 is 11.9. The Morgan fingerprint density at radius 3 is 2.43 bits per heavy atom. The number of carbonyl (C=O) groups excluding carboxylic acids is 1. The number of thiazole rings is 1. The fraction of sp³-hybridized carbons (Fsp3) is 0.364. The van der Waals surface area contributed by atoms with Gasteiger partial charge in [0.2, 0.25) is 0 Å². The number of nitrogens with zero attached hydrogens (tertiary/aromatic N) is 3. The molecule has 1 aliphatic heterocycles. The quantitative estimate of drug-likeness (QED) is 0.655. The van der Waals surface area contributed by atoms with Gasteiger partial charge in [0.25, 0.3) is 0 Å². The fourth-order valence-corrected chi connectivity index (χ4v) is 4.71. The molecule has 3 aromatic rings. The second-order valence-electron chi connectivity index (χ2n) is 7.09. The molecule has 0 saturated carbocycles. The average molecular weight is 427 g/mol. The number of hydrogen-bond donors (Lipinski definition) is 1. The maximum Gasteiger partial charge on any atom is 0.317 e. The summed E-state index contributed by atoms with van der Waals surface area (Å²) in [6.45, 7) is 3.47. The summed E-state index contributed by atoms with van der Waals surface area (Å²) in [5.74, 6) is 1.54. The molecule has 0 radical (unpaired) electrons. The lowest BCUT2D eigenvalue weighted by molar-refractivity contribution is 0.194. The molecule has 4 rings (SSSR count). The van der Waals surface area contributed by atoms with Crippen molar-refractivity contribution in [2.45, 2.75) is 6.42 Å². The van der Waals surface area contributed by atoms with E-state index >= 15 is 0 Å². The molecule has 1 aromatic heterocycles. The molecular formula is C22H26N4O3S. The number of fused-ring (bicyclic) bond motifs is 1. The number of anilines is 1. The van der Waals surface area contributed by atoms with E-state index in [-0.39, 0.29) is 6.03 Å². The topological polar surface area (TPSA) is 66.9 Å². The van der Waals surface area contributed by atoms with E-state index < -0.39 is 0 Å². The molecule has 8 heteroatoms. The number of aromatic nitrogens is 1. The molecule has 158 valence electrons. The minimum atomic E-state index is -0.00165. The predicted octanol–water partition coefficient (Wildman–Crippen LogP) is 3.39. The van der Waals surface area contributed by atoms with Gasteiger partial charge < -0.3 is 24.6 Å². The Hall–Kier alpha value is -3.00. The standard InChI is InChI=1S/C22H26N4O3S/c1-28-17-8-9-18(29-2)20-19(17)24-22(30-20)26-14-12-25(13-15-26)21(27)23-11-10-16-6-4-3-5-7-16/h3-9H,10-15H2,1-2H3,(H,23,27). The van der Waals surface area contributed by atoms with Gasteiger partial charge in [-0.25, -0.2) is 9.78 Å². The van der Waals surface area contributed by atoms with Crippen molar-refractivity contribution in [3.05, 3.63) is 48.0 Å². The third-order valence-electron chi connectivity index (χ3n) is 5.27. The van der Waals surface area contributed by atoms with Gasteiger partial charge in [-0.05, 0) is 24.1 Å². The number of amides is 2. The fourth-order valence-electron chi connectivity index (χ4n) is 3.58. The van der Waals surface area contributed by atoms with Gasteiger partial charge in [0.15, 0.2) is 5.13 Å². The predicted molar refractivity (Wildman–Crippen MR) is 120 cm³/mol. The molecule has 0 spiro atoms. The molecule has 2 amide bonds. The second-order valence-corrected chi connectivity index (χ2v) is 8.06. The summed E-state index contributed by atoms with van der Waals surface area (Å²) in [5, 5.41) is 3.96. The second kappa shape index (κ2) is 9.21. The summed E-state index contributed by atoms with van der Waals surface area (Å²) in [5.41, 5.74) is 2.04. The van der Waals surface area contributed by atoms with Crippen molar-refractivity contribution < 1.29 is 14.3 Å². The van der Waals surface area contributed by atoms with Crippen LogP contribution in [-0.2, 0) is 6.42 Å². The lowest BCUT2D eigenvalue weighted by atomic mass is 10.1. The highest BCUT2D eigenvalue weighted by Gasteiger charge is 2.24. The molecule has 1 N–H and O–H groups in total. The lowest BCUT2D eigenvalue weighted by Crippen LogP contribution is -2.52. The molecular weight excluding hydrogens is 400 g/mol. The van der Waals surface area contributed by atoms with Crippen LogP contribution in [0.5, 0.6) is 11.5 Å². The van der Waals surface area contributed by atoms with Crippen molar-refractivity contribution in [1.82, 2.24) is 15.2 Å². The maximum atomic E-state index is 12.5. The first kappa shape index (κ1) is 20.3. The number of urea groups is 1. The van der Waals surface area contributed by atoms with Crippen LogP contribution in [-0.4, -0.2) is 62.9 Å². The lowest BCUT2D eigenvalue weighted by Gasteiger charge is -2.34.